The van der Waals surface area contributed by atoms with Crippen LogP contribution in [0, 0.1) is 5.41 Å². The van der Waals surface area contributed by atoms with Crippen LogP contribution < -0.4 is 5.32 Å². The highest BCUT2D eigenvalue weighted by atomic mass is 35.5. The number of ether oxygens (including phenoxy) is 1. The van der Waals surface area contributed by atoms with Crippen molar-refractivity contribution in [1.82, 2.24) is 40.1 Å². The molecule has 0 aliphatic carbocycles. The molecule has 5 rings (SSSR count). The Kier molecular flexibility index (Phi) is 10.2. The largest absolute Gasteiger partial charge is 0.447 e. The molecule has 12 nitrogen and oxygen atoms in total. The highest BCUT2D eigenvalue weighted by molar-refractivity contribution is 6.33. The molecule has 49 heavy (non-hydrogen) atoms. The number of carbonyl (C=O) groups excluding carboxylic acids is 2. The zero-order valence-corrected chi connectivity index (χ0v) is 26.9. The topological polar surface area (TPSA) is 145 Å². The fourth-order valence-corrected chi connectivity index (χ4v) is 5.18. The van der Waals surface area contributed by atoms with E-state index in [9.17, 15) is 31.5 Å². The van der Waals surface area contributed by atoms with E-state index in [2.05, 4.69) is 25.6 Å². The van der Waals surface area contributed by atoms with E-state index in [1.165, 1.54) is 62.8 Å². The van der Waals surface area contributed by atoms with Crippen molar-refractivity contribution in [2.24, 2.45) is 0 Å². The number of hydrogen-bond acceptors (Lipinski definition) is 7. The van der Waals surface area contributed by atoms with Crippen molar-refractivity contribution in [3.8, 4) is 22.5 Å². The van der Waals surface area contributed by atoms with Gasteiger partial charge >= 0.3 is 12.6 Å². The Morgan fingerprint density at radius 3 is 2.47 bits per heavy atom. The van der Waals surface area contributed by atoms with Gasteiger partial charge in [0.2, 0.25) is 0 Å². The number of guanidine groups is 1. The van der Waals surface area contributed by atoms with Gasteiger partial charge in [-0.25, -0.2) is 27.6 Å². The Balaban J connectivity index is 1.51. The molecule has 1 aliphatic rings. The van der Waals surface area contributed by atoms with Crippen LogP contribution in [0.4, 0.5) is 26.7 Å². The maximum atomic E-state index is 14.3. The van der Waals surface area contributed by atoms with Crippen LogP contribution in [-0.2, 0) is 4.74 Å². The first-order chi connectivity index (χ1) is 23.1. The number of benzene rings is 2. The van der Waals surface area contributed by atoms with Crippen LogP contribution in [0.15, 0.2) is 61.2 Å². The van der Waals surface area contributed by atoms with Crippen LogP contribution in [0.3, 0.4) is 0 Å². The second kappa shape index (κ2) is 14.2. The third-order valence-corrected chi connectivity index (χ3v) is 7.89. The van der Waals surface area contributed by atoms with Crippen molar-refractivity contribution < 1.29 is 36.3 Å². The fraction of sp³-hybridized carbons (Fsp3) is 0.355. The molecule has 2 amide bonds. The first kappa shape index (κ1) is 35.3. The number of aromatic amines is 1. The molecule has 2 aromatic carbocycles. The molecule has 0 radical (unpaired) electrons. The lowest BCUT2D eigenvalue weighted by molar-refractivity contribution is -0.120. The minimum absolute atomic E-state index is 0.0299. The standard InChI is InChI=1S/C31H31ClF5N9O3/c1-30(2,35)9-10-39-28(38)46(26(47)19-5-3-18(4-6-19)21-12-42-45(13-21)27(33)34)24(14-49-29(48)44-15-31(36,37)16-44)20-7-8-23(32)22(11-20)25-40-17-41-43-25/h3-8,11-13,17,24,27H,9-10,14-16H2,1-2H3,(H2,38,39)(H,40,41,43)/t24-/m1/s1. The number of likely N-dealkylation sites (tertiary alicyclic amines) is 1. The number of amides is 2. The van der Waals surface area contributed by atoms with Gasteiger partial charge in [-0.15, -0.1) is 0 Å². The molecule has 0 spiro atoms. The summed E-state index contributed by atoms with van der Waals surface area (Å²) >= 11 is 6.44. The lowest BCUT2D eigenvalue weighted by Crippen LogP contribution is -2.58. The molecule has 1 saturated heterocycles. The quantitative estimate of drug-likeness (QED) is 0.0940. The Bertz CT molecular complexity index is 1790. The van der Waals surface area contributed by atoms with E-state index in [0.717, 1.165) is 16.0 Å². The van der Waals surface area contributed by atoms with Crippen molar-refractivity contribution >= 4 is 29.6 Å². The number of aromatic nitrogens is 5. The van der Waals surface area contributed by atoms with Crippen LogP contribution >= 0.6 is 11.6 Å². The van der Waals surface area contributed by atoms with Crippen molar-refractivity contribution in [3.63, 3.8) is 0 Å². The molecular weight excluding hydrogens is 677 g/mol. The van der Waals surface area contributed by atoms with Crippen molar-refractivity contribution in [2.45, 2.75) is 44.5 Å². The van der Waals surface area contributed by atoms with Gasteiger partial charge in [-0.05, 0) is 55.7 Å². The van der Waals surface area contributed by atoms with Crippen molar-refractivity contribution in [3.05, 3.63) is 77.3 Å². The Labute approximate surface area is 281 Å². The van der Waals surface area contributed by atoms with E-state index in [1.807, 2.05) is 0 Å². The monoisotopic (exact) mass is 707 g/mol. The van der Waals surface area contributed by atoms with E-state index in [1.54, 1.807) is 6.07 Å². The second-order valence-corrected chi connectivity index (χ2v) is 12.3. The van der Waals surface area contributed by atoms with E-state index < -0.39 is 61.8 Å². The minimum Gasteiger partial charge on any atom is -0.447 e. The van der Waals surface area contributed by atoms with E-state index in [-0.39, 0.29) is 29.4 Å². The lowest BCUT2D eigenvalue weighted by Gasteiger charge is -2.38. The van der Waals surface area contributed by atoms with Crippen LogP contribution in [0.5, 0.6) is 0 Å². The summed E-state index contributed by atoms with van der Waals surface area (Å²) < 4.78 is 73.4. The van der Waals surface area contributed by atoms with Crippen LogP contribution in [0.2, 0.25) is 5.02 Å². The number of halogens is 6. The van der Waals surface area contributed by atoms with E-state index in [4.69, 9.17) is 21.7 Å². The van der Waals surface area contributed by atoms with E-state index >= 15 is 0 Å². The zero-order chi connectivity index (χ0) is 35.5. The van der Waals surface area contributed by atoms with Gasteiger partial charge < -0.3 is 10.1 Å². The third kappa shape index (κ3) is 8.51. The molecule has 260 valence electrons. The normalized spacial score (nSPS) is 14.7. The summed E-state index contributed by atoms with van der Waals surface area (Å²) in [5, 5.41) is 22.1. The van der Waals surface area contributed by atoms with Crippen LogP contribution in [0.1, 0.15) is 48.8 Å². The van der Waals surface area contributed by atoms with Gasteiger partial charge in [0.15, 0.2) is 11.8 Å². The first-order valence-electron chi connectivity index (χ1n) is 14.8. The zero-order valence-electron chi connectivity index (χ0n) is 26.1. The molecule has 0 bridgehead atoms. The maximum Gasteiger partial charge on any atom is 0.410 e. The summed E-state index contributed by atoms with van der Waals surface area (Å²) in [4.78, 5) is 32.9. The summed E-state index contributed by atoms with van der Waals surface area (Å²) in [5.41, 5.74) is -0.0617. The Morgan fingerprint density at radius 1 is 1.16 bits per heavy atom. The number of nitrogens with zero attached hydrogens (tertiary/aromatic N) is 6. The molecule has 0 saturated carbocycles. The molecule has 18 heteroatoms. The molecule has 1 atom stereocenters. The highest BCUT2D eigenvalue weighted by Gasteiger charge is 2.47. The molecule has 3 heterocycles. The van der Waals surface area contributed by atoms with Gasteiger partial charge in [-0.2, -0.15) is 19.0 Å². The Hall–Kier alpha value is -5.06. The molecule has 4 aromatic rings. The molecule has 2 aromatic heterocycles. The van der Waals surface area contributed by atoms with Crippen LogP contribution in [-0.4, -0.2) is 90.6 Å². The SMILES string of the molecule is CC(C)(F)CCNC(=N)N(C(=O)c1ccc(-c2cnn(C(F)F)c2)cc1)[C@H](COC(=O)N1CC(F)(F)C1)c1ccc(Cl)c(-c2ncn[nH]2)c1. The highest BCUT2D eigenvalue weighted by Crippen LogP contribution is 2.33. The predicted molar refractivity (Wildman–Crippen MR) is 168 cm³/mol. The smallest absolute Gasteiger partial charge is 0.410 e. The molecule has 1 fully saturated rings. The second-order valence-electron chi connectivity index (χ2n) is 11.9. The maximum absolute atomic E-state index is 14.3. The van der Waals surface area contributed by atoms with Gasteiger partial charge in [-0.1, -0.05) is 29.8 Å². The minimum atomic E-state index is -3.05. The third-order valence-electron chi connectivity index (χ3n) is 7.56. The van der Waals surface area contributed by atoms with Gasteiger partial charge in [0, 0.05) is 29.4 Å². The fourth-order valence-electron chi connectivity index (χ4n) is 4.97. The van der Waals surface area contributed by atoms with Crippen molar-refractivity contribution in [1.29, 1.82) is 5.41 Å². The lowest BCUT2D eigenvalue weighted by atomic mass is 10.0. The number of rotatable bonds is 11. The number of alkyl halides is 5. The van der Waals surface area contributed by atoms with Gasteiger partial charge in [0.25, 0.3) is 11.8 Å². The van der Waals surface area contributed by atoms with Gasteiger partial charge in [0.05, 0.1) is 30.4 Å². The summed E-state index contributed by atoms with van der Waals surface area (Å²) in [6.07, 6.45) is 2.55. The molecular formula is C31H31ClF5N9O3. The van der Waals surface area contributed by atoms with Crippen molar-refractivity contribution in [2.75, 3.05) is 26.2 Å². The average Bonchev–Trinajstić information content (AvgIpc) is 3.75. The molecule has 1 aliphatic heterocycles. The van der Waals surface area contributed by atoms with Gasteiger partial charge in [0.1, 0.15) is 18.6 Å². The summed E-state index contributed by atoms with van der Waals surface area (Å²) in [6.45, 7) is -2.46. The summed E-state index contributed by atoms with van der Waals surface area (Å²) in [7, 11) is 0. The summed E-state index contributed by atoms with van der Waals surface area (Å²) in [6, 6.07) is 9.15. The molecule has 0 unspecified atom stereocenters. The average molecular weight is 708 g/mol. The number of carbonyl (C=O) groups is 2. The van der Waals surface area contributed by atoms with Gasteiger partial charge in [-0.3, -0.25) is 25.1 Å². The van der Waals surface area contributed by atoms with Crippen LogP contribution in [0.25, 0.3) is 22.5 Å². The van der Waals surface area contributed by atoms with E-state index in [0.29, 0.717) is 26.9 Å². The number of hydrogen-bond donors (Lipinski definition) is 3. The molecule has 3 N–H and O–H groups in total. The summed E-state index contributed by atoms with van der Waals surface area (Å²) in [5.74, 6) is -4.03. The first-order valence-corrected chi connectivity index (χ1v) is 15.2. The number of H-pyrrole nitrogens is 1. The Morgan fingerprint density at radius 2 is 1.88 bits per heavy atom. The predicted octanol–water partition coefficient (Wildman–Crippen LogP) is 6.32. The number of nitrogens with one attached hydrogen (secondary N) is 3.